The van der Waals surface area contributed by atoms with Gasteiger partial charge in [0.25, 0.3) is 0 Å². The summed E-state index contributed by atoms with van der Waals surface area (Å²) in [7, 11) is 2.19. The Hall–Kier alpha value is -0.860. The molecule has 1 aromatic rings. The second-order valence-corrected chi connectivity index (χ2v) is 4.77. The van der Waals surface area contributed by atoms with Gasteiger partial charge in [0.2, 0.25) is 0 Å². The molecule has 0 fully saturated rings. The number of nitrogens with zero attached hydrogens (tertiary/aromatic N) is 1. The zero-order chi connectivity index (χ0) is 12.5. The van der Waals surface area contributed by atoms with Crippen molar-refractivity contribution in [1.29, 1.82) is 0 Å². The SMILES string of the molecule is CCCCNCCN(C)Cc1ccccc1C. The normalized spacial score (nSPS) is 11.1. The maximum absolute atomic E-state index is 3.48. The average Bonchev–Trinajstić information content (AvgIpc) is 2.32. The van der Waals surface area contributed by atoms with Crippen LogP contribution in [0.5, 0.6) is 0 Å². The summed E-state index contributed by atoms with van der Waals surface area (Å²) in [6.45, 7) is 8.80. The van der Waals surface area contributed by atoms with Gasteiger partial charge in [-0.05, 0) is 38.1 Å². The van der Waals surface area contributed by atoms with Crippen LogP contribution in [0, 0.1) is 6.92 Å². The van der Waals surface area contributed by atoms with Gasteiger partial charge in [-0.2, -0.15) is 0 Å². The van der Waals surface area contributed by atoms with Gasteiger partial charge in [0.1, 0.15) is 0 Å². The summed E-state index contributed by atoms with van der Waals surface area (Å²) >= 11 is 0. The van der Waals surface area contributed by atoms with Gasteiger partial charge in [-0.15, -0.1) is 0 Å². The first kappa shape index (κ1) is 14.2. The van der Waals surface area contributed by atoms with Gasteiger partial charge in [-0.3, -0.25) is 0 Å². The molecule has 0 spiro atoms. The Kier molecular flexibility index (Phi) is 6.90. The quantitative estimate of drug-likeness (QED) is 0.696. The number of hydrogen-bond donors (Lipinski definition) is 1. The van der Waals surface area contributed by atoms with Crippen molar-refractivity contribution >= 4 is 0 Å². The van der Waals surface area contributed by atoms with Crippen molar-refractivity contribution in [2.24, 2.45) is 0 Å². The van der Waals surface area contributed by atoms with E-state index in [9.17, 15) is 0 Å². The standard InChI is InChI=1S/C15H26N2/c1-4-5-10-16-11-12-17(3)13-15-9-7-6-8-14(15)2/h6-9,16H,4-5,10-13H2,1-3H3. The number of unbranched alkanes of at least 4 members (excludes halogenated alkanes) is 1. The summed E-state index contributed by atoms with van der Waals surface area (Å²) in [5.41, 5.74) is 2.82. The smallest absolute Gasteiger partial charge is 0.0233 e. The van der Waals surface area contributed by atoms with E-state index in [0.29, 0.717) is 0 Å². The molecule has 0 radical (unpaired) electrons. The molecule has 96 valence electrons. The summed E-state index contributed by atoms with van der Waals surface area (Å²) in [6, 6.07) is 8.62. The number of nitrogens with one attached hydrogen (secondary N) is 1. The van der Waals surface area contributed by atoms with Crippen LogP contribution in [0.25, 0.3) is 0 Å². The third-order valence-electron chi connectivity index (χ3n) is 3.08. The Morgan fingerprint density at radius 2 is 1.94 bits per heavy atom. The van der Waals surface area contributed by atoms with Gasteiger partial charge in [0, 0.05) is 19.6 Å². The second-order valence-electron chi connectivity index (χ2n) is 4.77. The van der Waals surface area contributed by atoms with Crippen LogP contribution in [0.3, 0.4) is 0 Å². The number of aryl methyl sites for hydroxylation is 1. The van der Waals surface area contributed by atoms with E-state index in [0.717, 1.165) is 26.2 Å². The summed E-state index contributed by atoms with van der Waals surface area (Å²) in [5, 5.41) is 3.48. The minimum absolute atomic E-state index is 1.04. The molecule has 0 saturated heterocycles. The second kappa shape index (κ2) is 8.26. The molecule has 1 aromatic carbocycles. The first-order chi connectivity index (χ1) is 8.24. The molecule has 0 aliphatic rings. The Bertz CT molecular complexity index is 310. The van der Waals surface area contributed by atoms with E-state index in [1.54, 1.807) is 0 Å². The molecule has 0 unspecified atom stereocenters. The summed E-state index contributed by atoms with van der Waals surface area (Å²) in [5.74, 6) is 0. The summed E-state index contributed by atoms with van der Waals surface area (Å²) in [4.78, 5) is 2.38. The largest absolute Gasteiger partial charge is 0.315 e. The third kappa shape index (κ3) is 5.85. The van der Waals surface area contributed by atoms with Crippen molar-refractivity contribution in [3.05, 3.63) is 35.4 Å². The van der Waals surface area contributed by atoms with E-state index in [4.69, 9.17) is 0 Å². The van der Waals surface area contributed by atoms with Gasteiger partial charge in [0.05, 0.1) is 0 Å². The number of likely N-dealkylation sites (N-methyl/N-ethyl adjacent to an activating group) is 1. The molecule has 1 N–H and O–H groups in total. The van der Waals surface area contributed by atoms with Crippen molar-refractivity contribution in [3.8, 4) is 0 Å². The zero-order valence-electron chi connectivity index (χ0n) is 11.5. The van der Waals surface area contributed by atoms with Crippen LogP contribution in [0.15, 0.2) is 24.3 Å². The molecule has 0 amide bonds. The first-order valence-corrected chi connectivity index (χ1v) is 6.67. The maximum Gasteiger partial charge on any atom is 0.0233 e. The molecule has 17 heavy (non-hydrogen) atoms. The third-order valence-corrected chi connectivity index (χ3v) is 3.08. The lowest BCUT2D eigenvalue weighted by Crippen LogP contribution is -2.29. The number of benzene rings is 1. The Morgan fingerprint density at radius 1 is 1.18 bits per heavy atom. The van der Waals surface area contributed by atoms with E-state index >= 15 is 0 Å². The minimum Gasteiger partial charge on any atom is -0.315 e. The molecule has 0 aliphatic heterocycles. The first-order valence-electron chi connectivity index (χ1n) is 6.67. The maximum atomic E-state index is 3.48. The van der Waals surface area contributed by atoms with Crippen molar-refractivity contribution in [2.75, 3.05) is 26.7 Å². The van der Waals surface area contributed by atoms with E-state index in [1.807, 2.05) is 0 Å². The van der Waals surface area contributed by atoms with Gasteiger partial charge in [0.15, 0.2) is 0 Å². The highest BCUT2D eigenvalue weighted by atomic mass is 15.1. The van der Waals surface area contributed by atoms with Gasteiger partial charge >= 0.3 is 0 Å². The van der Waals surface area contributed by atoms with Crippen molar-refractivity contribution in [1.82, 2.24) is 10.2 Å². The molecule has 0 heterocycles. The zero-order valence-corrected chi connectivity index (χ0v) is 11.5. The fourth-order valence-corrected chi connectivity index (χ4v) is 1.85. The van der Waals surface area contributed by atoms with Crippen LogP contribution >= 0.6 is 0 Å². The molecular formula is C15H26N2. The topological polar surface area (TPSA) is 15.3 Å². The van der Waals surface area contributed by atoms with Gasteiger partial charge in [-0.25, -0.2) is 0 Å². The molecule has 0 aromatic heterocycles. The Morgan fingerprint density at radius 3 is 2.65 bits per heavy atom. The lowest BCUT2D eigenvalue weighted by Gasteiger charge is -2.18. The van der Waals surface area contributed by atoms with Crippen molar-refractivity contribution in [2.45, 2.75) is 33.2 Å². The molecular weight excluding hydrogens is 208 g/mol. The van der Waals surface area contributed by atoms with Crippen LogP contribution in [0.4, 0.5) is 0 Å². The number of hydrogen-bond acceptors (Lipinski definition) is 2. The van der Waals surface area contributed by atoms with Gasteiger partial charge < -0.3 is 10.2 Å². The van der Waals surface area contributed by atoms with E-state index in [-0.39, 0.29) is 0 Å². The summed E-state index contributed by atoms with van der Waals surface area (Å²) in [6.07, 6.45) is 2.55. The molecule has 0 aliphatic carbocycles. The molecule has 2 nitrogen and oxygen atoms in total. The molecule has 1 rings (SSSR count). The number of rotatable bonds is 8. The van der Waals surface area contributed by atoms with Gasteiger partial charge in [-0.1, -0.05) is 37.6 Å². The highest BCUT2D eigenvalue weighted by Crippen LogP contribution is 2.08. The van der Waals surface area contributed by atoms with E-state index < -0.39 is 0 Å². The fourth-order valence-electron chi connectivity index (χ4n) is 1.85. The van der Waals surface area contributed by atoms with Crippen molar-refractivity contribution < 1.29 is 0 Å². The van der Waals surface area contributed by atoms with E-state index in [1.165, 1.54) is 24.0 Å². The van der Waals surface area contributed by atoms with Crippen LogP contribution < -0.4 is 5.32 Å². The molecule has 2 heteroatoms. The van der Waals surface area contributed by atoms with E-state index in [2.05, 4.69) is 55.4 Å². The Balaban J connectivity index is 2.21. The molecule has 0 bridgehead atoms. The molecule has 0 atom stereocenters. The van der Waals surface area contributed by atoms with Crippen LogP contribution in [0.2, 0.25) is 0 Å². The monoisotopic (exact) mass is 234 g/mol. The highest BCUT2D eigenvalue weighted by molar-refractivity contribution is 5.25. The van der Waals surface area contributed by atoms with Crippen molar-refractivity contribution in [3.63, 3.8) is 0 Å². The summed E-state index contributed by atoms with van der Waals surface area (Å²) < 4.78 is 0. The predicted octanol–water partition coefficient (Wildman–Crippen LogP) is 2.82. The highest BCUT2D eigenvalue weighted by Gasteiger charge is 2.01. The predicted molar refractivity (Wildman–Crippen MR) is 75.3 cm³/mol. The lowest BCUT2D eigenvalue weighted by atomic mass is 10.1. The molecule has 0 saturated carbocycles. The average molecular weight is 234 g/mol. The fraction of sp³-hybridized carbons (Fsp3) is 0.600. The van der Waals surface area contributed by atoms with Crippen LogP contribution in [-0.4, -0.2) is 31.6 Å². The van der Waals surface area contributed by atoms with Crippen LogP contribution in [-0.2, 0) is 6.54 Å². The lowest BCUT2D eigenvalue weighted by molar-refractivity contribution is 0.323. The Labute approximate surface area is 106 Å². The minimum atomic E-state index is 1.04. The van der Waals surface area contributed by atoms with Crippen LogP contribution in [0.1, 0.15) is 30.9 Å².